The normalized spacial score (nSPS) is 31.1. The van der Waals surface area contributed by atoms with Crippen LogP contribution in [-0.4, -0.2) is 49.1 Å². The van der Waals surface area contributed by atoms with Crippen LogP contribution >= 0.6 is 0 Å². The van der Waals surface area contributed by atoms with Crippen molar-refractivity contribution in [3.63, 3.8) is 0 Å². The first-order valence-electron chi connectivity index (χ1n) is 5.28. The lowest BCUT2D eigenvalue weighted by atomic mass is 10.0. The average molecular weight is 199 g/mol. The molecule has 0 aromatic heterocycles. The van der Waals surface area contributed by atoms with Crippen LogP contribution in [0.25, 0.3) is 0 Å². The largest absolute Gasteiger partial charge is 0.358 e. The smallest absolute Gasteiger partial charge is 0.236 e. The molecule has 2 N–H and O–H groups in total. The fourth-order valence-electron chi connectivity index (χ4n) is 1.99. The first-order valence-corrected chi connectivity index (χ1v) is 5.28. The molecular formula is C10H21N3O. The Hall–Kier alpha value is -0.610. The summed E-state index contributed by atoms with van der Waals surface area (Å²) >= 11 is 0. The van der Waals surface area contributed by atoms with Crippen molar-refractivity contribution in [1.29, 1.82) is 0 Å². The SMILES string of the molecule is CNC(=O)C(C)N1CCNC(C)C1C. The number of carbonyl (C=O) groups excluding carboxylic acids is 1. The van der Waals surface area contributed by atoms with Gasteiger partial charge in [-0.25, -0.2) is 0 Å². The summed E-state index contributed by atoms with van der Waals surface area (Å²) in [5.74, 6) is 0.103. The molecule has 1 saturated heterocycles. The van der Waals surface area contributed by atoms with Crippen LogP contribution in [0.4, 0.5) is 0 Å². The van der Waals surface area contributed by atoms with Gasteiger partial charge in [-0.05, 0) is 20.8 Å². The lowest BCUT2D eigenvalue weighted by molar-refractivity contribution is -0.126. The molecule has 0 radical (unpaired) electrons. The molecule has 0 aromatic carbocycles. The van der Waals surface area contributed by atoms with Gasteiger partial charge >= 0.3 is 0 Å². The predicted molar refractivity (Wildman–Crippen MR) is 57.2 cm³/mol. The summed E-state index contributed by atoms with van der Waals surface area (Å²) in [6.45, 7) is 8.20. The van der Waals surface area contributed by atoms with Crippen LogP contribution < -0.4 is 10.6 Å². The van der Waals surface area contributed by atoms with Crippen molar-refractivity contribution < 1.29 is 4.79 Å². The van der Waals surface area contributed by atoms with Crippen LogP contribution in [0.1, 0.15) is 20.8 Å². The number of amides is 1. The third-order valence-corrected chi connectivity index (χ3v) is 3.21. The Morgan fingerprint density at radius 1 is 1.57 bits per heavy atom. The number of nitrogens with zero attached hydrogens (tertiary/aromatic N) is 1. The Bertz CT molecular complexity index is 208. The van der Waals surface area contributed by atoms with E-state index in [1.807, 2.05) is 6.92 Å². The first kappa shape index (κ1) is 11.5. The zero-order chi connectivity index (χ0) is 10.7. The number of hydrogen-bond acceptors (Lipinski definition) is 3. The Morgan fingerprint density at radius 3 is 2.79 bits per heavy atom. The maximum absolute atomic E-state index is 11.5. The lowest BCUT2D eigenvalue weighted by Crippen LogP contribution is -2.60. The van der Waals surface area contributed by atoms with Crippen molar-refractivity contribution in [2.75, 3.05) is 20.1 Å². The lowest BCUT2D eigenvalue weighted by Gasteiger charge is -2.41. The highest BCUT2D eigenvalue weighted by molar-refractivity contribution is 5.81. The number of nitrogens with one attached hydrogen (secondary N) is 2. The number of hydrogen-bond donors (Lipinski definition) is 2. The molecule has 0 aliphatic carbocycles. The van der Waals surface area contributed by atoms with Crippen LogP contribution in [0, 0.1) is 0 Å². The van der Waals surface area contributed by atoms with E-state index in [0.717, 1.165) is 13.1 Å². The molecular weight excluding hydrogens is 178 g/mol. The van der Waals surface area contributed by atoms with Gasteiger partial charge in [-0.2, -0.15) is 0 Å². The van der Waals surface area contributed by atoms with E-state index in [1.54, 1.807) is 7.05 Å². The molecule has 3 unspecified atom stereocenters. The molecule has 3 atom stereocenters. The second-order valence-corrected chi connectivity index (χ2v) is 4.01. The highest BCUT2D eigenvalue weighted by Gasteiger charge is 2.30. The quantitative estimate of drug-likeness (QED) is 0.647. The van der Waals surface area contributed by atoms with Crippen molar-refractivity contribution in [2.45, 2.75) is 38.9 Å². The van der Waals surface area contributed by atoms with Gasteiger partial charge in [0, 0.05) is 32.2 Å². The van der Waals surface area contributed by atoms with Gasteiger partial charge in [-0.15, -0.1) is 0 Å². The molecule has 82 valence electrons. The van der Waals surface area contributed by atoms with Crippen molar-refractivity contribution >= 4 is 5.91 Å². The maximum Gasteiger partial charge on any atom is 0.236 e. The van der Waals surface area contributed by atoms with Crippen molar-refractivity contribution in [3.05, 3.63) is 0 Å². The summed E-state index contributed by atoms with van der Waals surface area (Å²) in [6.07, 6.45) is 0. The molecule has 14 heavy (non-hydrogen) atoms. The van der Waals surface area contributed by atoms with Crippen LogP contribution in [0.2, 0.25) is 0 Å². The molecule has 4 heteroatoms. The molecule has 0 aromatic rings. The third-order valence-electron chi connectivity index (χ3n) is 3.21. The number of piperazine rings is 1. The van der Waals surface area contributed by atoms with Crippen LogP contribution in [-0.2, 0) is 4.79 Å². The average Bonchev–Trinajstić information content (AvgIpc) is 2.20. The van der Waals surface area contributed by atoms with E-state index in [1.165, 1.54) is 0 Å². The van der Waals surface area contributed by atoms with E-state index in [9.17, 15) is 4.79 Å². The predicted octanol–water partition coefficient (Wildman–Crippen LogP) is -0.197. The summed E-state index contributed by atoms with van der Waals surface area (Å²) < 4.78 is 0. The monoisotopic (exact) mass is 199 g/mol. The summed E-state index contributed by atoms with van der Waals surface area (Å²) in [5, 5.41) is 6.10. The number of carbonyl (C=O) groups is 1. The van der Waals surface area contributed by atoms with Crippen molar-refractivity contribution in [2.24, 2.45) is 0 Å². The molecule has 0 spiro atoms. The fraction of sp³-hybridized carbons (Fsp3) is 0.900. The van der Waals surface area contributed by atoms with Gasteiger partial charge in [0.25, 0.3) is 0 Å². The summed E-state index contributed by atoms with van der Waals surface area (Å²) in [7, 11) is 1.69. The Morgan fingerprint density at radius 2 is 2.21 bits per heavy atom. The second-order valence-electron chi connectivity index (χ2n) is 4.01. The maximum atomic E-state index is 11.5. The summed E-state index contributed by atoms with van der Waals surface area (Å²) in [4.78, 5) is 13.7. The van der Waals surface area contributed by atoms with Gasteiger partial charge in [0.15, 0.2) is 0 Å². The number of likely N-dealkylation sites (N-methyl/N-ethyl adjacent to an activating group) is 1. The third kappa shape index (κ3) is 2.25. The Kier molecular flexibility index (Phi) is 3.89. The van der Waals surface area contributed by atoms with E-state index in [0.29, 0.717) is 12.1 Å². The van der Waals surface area contributed by atoms with Crippen LogP contribution in [0.3, 0.4) is 0 Å². The van der Waals surface area contributed by atoms with E-state index < -0.39 is 0 Å². The summed E-state index contributed by atoms with van der Waals surface area (Å²) in [5.41, 5.74) is 0. The van der Waals surface area contributed by atoms with E-state index in [2.05, 4.69) is 29.4 Å². The Labute approximate surface area is 86.0 Å². The van der Waals surface area contributed by atoms with Crippen molar-refractivity contribution in [1.82, 2.24) is 15.5 Å². The molecule has 1 aliphatic heterocycles. The highest BCUT2D eigenvalue weighted by Crippen LogP contribution is 2.12. The summed E-state index contributed by atoms with van der Waals surface area (Å²) in [6, 6.07) is 0.839. The standard InChI is InChI=1S/C10H21N3O/c1-7-8(2)13(6-5-12-7)9(3)10(14)11-4/h7-9,12H,5-6H2,1-4H3,(H,11,14). The van der Waals surface area contributed by atoms with E-state index in [-0.39, 0.29) is 11.9 Å². The highest BCUT2D eigenvalue weighted by atomic mass is 16.2. The van der Waals surface area contributed by atoms with Gasteiger partial charge in [0.05, 0.1) is 6.04 Å². The minimum Gasteiger partial charge on any atom is -0.358 e. The van der Waals surface area contributed by atoms with Gasteiger partial charge in [-0.1, -0.05) is 0 Å². The van der Waals surface area contributed by atoms with Gasteiger partial charge < -0.3 is 10.6 Å². The molecule has 1 amide bonds. The Balaban J connectivity index is 2.61. The van der Waals surface area contributed by atoms with Gasteiger partial charge in [-0.3, -0.25) is 9.69 Å². The minimum atomic E-state index is -0.0282. The topological polar surface area (TPSA) is 44.4 Å². The van der Waals surface area contributed by atoms with E-state index in [4.69, 9.17) is 0 Å². The van der Waals surface area contributed by atoms with Gasteiger partial charge in [0.1, 0.15) is 0 Å². The number of rotatable bonds is 2. The minimum absolute atomic E-state index is 0.0282. The molecule has 1 fully saturated rings. The van der Waals surface area contributed by atoms with Crippen LogP contribution in [0.5, 0.6) is 0 Å². The molecule has 0 saturated carbocycles. The van der Waals surface area contributed by atoms with Crippen LogP contribution in [0.15, 0.2) is 0 Å². The van der Waals surface area contributed by atoms with E-state index >= 15 is 0 Å². The zero-order valence-electron chi connectivity index (χ0n) is 9.50. The molecule has 1 rings (SSSR count). The molecule has 0 bridgehead atoms. The molecule has 1 aliphatic rings. The fourth-order valence-corrected chi connectivity index (χ4v) is 1.99. The zero-order valence-corrected chi connectivity index (χ0v) is 9.50. The van der Waals surface area contributed by atoms with Gasteiger partial charge in [0.2, 0.25) is 5.91 Å². The first-order chi connectivity index (χ1) is 6.57. The molecule has 1 heterocycles. The van der Waals surface area contributed by atoms with Crippen molar-refractivity contribution in [3.8, 4) is 0 Å². The second kappa shape index (κ2) is 4.75. The molecule has 4 nitrogen and oxygen atoms in total.